The zero-order valence-corrected chi connectivity index (χ0v) is 11.9. The van der Waals surface area contributed by atoms with E-state index in [1.54, 1.807) is 0 Å². The number of piperidine rings is 1. The molecule has 2 fully saturated rings. The van der Waals surface area contributed by atoms with Crippen LogP contribution >= 0.6 is 0 Å². The minimum Gasteiger partial charge on any atom is -0.322 e. The zero-order valence-electron chi connectivity index (χ0n) is 11.9. The van der Waals surface area contributed by atoms with Gasteiger partial charge in [-0.05, 0) is 42.4 Å². The molecule has 4 rings (SSSR count). The molecule has 1 atom stereocenters. The summed E-state index contributed by atoms with van der Waals surface area (Å²) in [6.45, 7) is 0.234. The van der Waals surface area contributed by atoms with Crippen LogP contribution in [0.3, 0.4) is 0 Å². The van der Waals surface area contributed by atoms with E-state index in [0.717, 1.165) is 18.4 Å². The van der Waals surface area contributed by atoms with E-state index in [-0.39, 0.29) is 24.4 Å². The lowest BCUT2D eigenvalue weighted by atomic mass is 10.0. The average Bonchev–Trinajstić information content (AvgIpc) is 3.24. The third-order valence-electron chi connectivity index (χ3n) is 4.64. The first-order chi connectivity index (χ1) is 10.5. The Morgan fingerprint density at radius 1 is 1.14 bits per heavy atom. The fourth-order valence-electron chi connectivity index (χ4n) is 3.33. The number of rotatable bonds is 2. The Bertz CT molecular complexity index is 712. The lowest BCUT2D eigenvalue weighted by Crippen LogP contribution is -2.52. The maximum Gasteiger partial charge on any atom is 0.258 e. The number of hydrogen-bond donors (Lipinski definition) is 1. The molecule has 2 heterocycles. The molecular weight excluding hydrogens is 287 g/mol. The van der Waals surface area contributed by atoms with Gasteiger partial charge >= 0.3 is 0 Å². The largest absolute Gasteiger partial charge is 0.322 e. The lowest BCUT2D eigenvalue weighted by Gasteiger charge is -2.29. The molecule has 1 aromatic carbocycles. The standard InChI is InChI=1S/C16H15FN2O3/c17-11-6-9(8-1-2-8)5-10-7-19(16(22)14(10)11)12-3-4-13(20)18-15(12)21/h5-6,8,12H,1-4,7H2,(H,18,20,21). The van der Waals surface area contributed by atoms with E-state index in [2.05, 4.69) is 5.32 Å². The number of nitrogens with zero attached hydrogens (tertiary/aromatic N) is 1. The van der Waals surface area contributed by atoms with E-state index < -0.39 is 23.7 Å². The Hall–Kier alpha value is -2.24. The van der Waals surface area contributed by atoms with E-state index in [1.807, 2.05) is 6.07 Å². The lowest BCUT2D eigenvalue weighted by molar-refractivity contribution is -0.136. The fraction of sp³-hybridized carbons (Fsp3) is 0.438. The molecule has 1 unspecified atom stereocenters. The summed E-state index contributed by atoms with van der Waals surface area (Å²) in [6, 6.07) is 2.64. The number of carbonyl (C=O) groups excluding carboxylic acids is 3. The van der Waals surface area contributed by atoms with Gasteiger partial charge in [0.25, 0.3) is 5.91 Å². The van der Waals surface area contributed by atoms with Gasteiger partial charge in [-0.2, -0.15) is 0 Å². The predicted molar refractivity (Wildman–Crippen MR) is 74.4 cm³/mol. The Labute approximate surface area is 126 Å². The molecule has 0 aromatic heterocycles. The van der Waals surface area contributed by atoms with Crippen molar-refractivity contribution in [1.29, 1.82) is 0 Å². The molecule has 3 aliphatic rings. The molecule has 0 radical (unpaired) electrons. The normalized spacial score (nSPS) is 24.5. The van der Waals surface area contributed by atoms with Crippen LogP contribution in [0.4, 0.5) is 4.39 Å². The van der Waals surface area contributed by atoms with Crippen molar-refractivity contribution in [3.63, 3.8) is 0 Å². The summed E-state index contributed by atoms with van der Waals surface area (Å²) in [4.78, 5) is 37.0. The van der Waals surface area contributed by atoms with Gasteiger partial charge in [0.15, 0.2) is 0 Å². The second kappa shape index (κ2) is 4.63. The summed E-state index contributed by atoms with van der Waals surface area (Å²) in [5.41, 5.74) is 1.67. The molecule has 2 aliphatic heterocycles. The minimum atomic E-state index is -0.693. The number of nitrogens with one attached hydrogen (secondary N) is 1. The van der Waals surface area contributed by atoms with E-state index in [4.69, 9.17) is 0 Å². The van der Waals surface area contributed by atoms with Gasteiger partial charge < -0.3 is 4.90 Å². The van der Waals surface area contributed by atoms with Crippen molar-refractivity contribution in [2.75, 3.05) is 0 Å². The topological polar surface area (TPSA) is 66.5 Å². The summed E-state index contributed by atoms with van der Waals surface area (Å²) in [5, 5.41) is 2.24. The number of hydrogen-bond acceptors (Lipinski definition) is 3. The van der Waals surface area contributed by atoms with Gasteiger partial charge in [-0.15, -0.1) is 0 Å². The molecule has 1 saturated heterocycles. The third-order valence-corrected chi connectivity index (χ3v) is 4.64. The zero-order chi connectivity index (χ0) is 15.4. The van der Waals surface area contributed by atoms with Crippen molar-refractivity contribution in [2.24, 2.45) is 0 Å². The van der Waals surface area contributed by atoms with Crippen LogP contribution in [-0.4, -0.2) is 28.7 Å². The highest BCUT2D eigenvalue weighted by Crippen LogP contribution is 2.42. The van der Waals surface area contributed by atoms with Crippen LogP contribution in [0.2, 0.25) is 0 Å². The van der Waals surface area contributed by atoms with Crippen molar-refractivity contribution in [3.05, 3.63) is 34.6 Å². The van der Waals surface area contributed by atoms with Crippen LogP contribution in [0, 0.1) is 5.82 Å². The van der Waals surface area contributed by atoms with Crippen molar-refractivity contribution in [2.45, 2.75) is 44.2 Å². The Kier molecular flexibility index (Phi) is 2.82. The number of halogens is 1. The van der Waals surface area contributed by atoms with Gasteiger partial charge in [0, 0.05) is 13.0 Å². The molecule has 1 aliphatic carbocycles. The predicted octanol–water partition coefficient (Wildman–Crippen LogP) is 1.46. The Balaban J connectivity index is 1.65. The van der Waals surface area contributed by atoms with E-state index >= 15 is 0 Å². The summed E-state index contributed by atoms with van der Waals surface area (Å²) in [6.07, 6.45) is 2.61. The molecule has 6 heteroatoms. The summed E-state index contributed by atoms with van der Waals surface area (Å²) in [5.74, 6) is -1.35. The SMILES string of the molecule is O=C1CCC(N2Cc3cc(C4CC4)cc(F)c3C2=O)C(=O)N1. The van der Waals surface area contributed by atoms with Crippen LogP contribution in [0.25, 0.3) is 0 Å². The Morgan fingerprint density at radius 2 is 1.91 bits per heavy atom. The van der Waals surface area contributed by atoms with Crippen LogP contribution in [-0.2, 0) is 16.1 Å². The van der Waals surface area contributed by atoms with E-state index in [9.17, 15) is 18.8 Å². The van der Waals surface area contributed by atoms with Crippen molar-refractivity contribution < 1.29 is 18.8 Å². The molecule has 1 N–H and O–H groups in total. The molecule has 3 amide bonds. The van der Waals surface area contributed by atoms with E-state index in [1.165, 1.54) is 11.0 Å². The van der Waals surface area contributed by atoms with Crippen molar-refractivity contribution in [1.82, 2.24) is 10.2 Å². The number of benzene rings is 1. The van der Waals surface area contributed by atoms with Crippen molar-refractivity contribution >= 4 is 17.7 Å². The monoisotopic (exact) mass is 302 g/mol. The molecule has 0 bridgehead atoms. The highest BCUT2D eigenvalue weighted by atomic mass is 19.1. The van der Waals surface area contributed by atoms with Gasteiger partial charge in [-0.25, -0.2) is 4.39 Å². The number of imide groups is 1. The molecule has 1 saturated carbocycles. The first-order valence-corrected chi connectivity index (χ1v) is 7.51. The highest BCUT2D eigenvalue weighted by Gasteiger charge is 2.41. The molecule has 114 valence electrons. The molecule has 22 heavy (non-hydrogen) atoms. The Morgan fingerprint density at radius 3 is 2.59 bits per heavy atom. The number of fused-ring (bicyclic) bond motifs is 1. The average molecular weight is 302 g/mol. The van der Waals surface area contributed by atoms with Gasteiger partial charge in [-0.3, -0.25) is 19.7 Å². The molecular formula is C16H15FN2O3. The maximum atomic E-state index is 14.3. The van der Waals surface area contributed by atoms with Gasteiger partial charge in [0.2, 0.25) is 11.8 Å². The van der Waals surface area contributed by atoms with Crippen LogP contribution in [0.15, 0.2) is 12.1 Å². The smallest absolute Gasteiger partial charge is 0.258 e. The molecule has 1 aromatic rings. The first-order valence-electron chi connectivity index (χ1n) is 7.51. The van der Waals surface area contributed by atoms with Gasteiger partial charge in [-0.1, -0.05) is 6.07 Å². The van der Waals surface area contributed by atoms with Crippen LogP contribution in [0.1, 0.15) is 53.1 Å². The quantitative estimate of drug-likeness (QED) is 0.841. The van der Waals surface area contributed by atoms with Crippen LogP contribution < -0.4 is 5.32 Å². The minimum absolute atomic E-state index is 0.0779. The van der Waals surface area contributed by atoms with E-state index in [0.29, 0.717) is 17.9 Å². The number of amides is 3. The summed E-state index contributed by atoms with van der Waals surface area (Å²) >= 11 is 0. The second-order valence-corrected chi connectivity index (χ2v) is 6.21. The van der Waals surface area contributed by atoms with Crippen LogP contribution in [0.5, 0.6) is 0 Å². The summed E-state index contributed by atoms with van der Waals surface area (Å²) < 4.78 is 14.3. The number of carbonyl (C=O) groups is 3. The summed E-state index contributed by atoms with van der Waals surface area (Å²) in [7, 11) is 0. The molecule has 0 spiro atoms. The third kappa shape index (κ3) is 2.01. The second-order valence-electron chi connectivity index (χ2n) is 6.21. The highest BCUT2D eigenvalue weighted by molar-refractivity contribution is 6.05. The molecule has 5 nitrogen and oxygen atoms in total. The first kappa shape index (κ1) is 13.4. The maximum absolute atomic E-state index is 14.3. The van der Waals surface area contributed by atoms with Gasteiger partial charge in [0.05, 0.1) is 5.56 Å². The van der Waals surface area contributed by atoms with Gasteiger partial charge in [0.1, 0.15) is 11.9 Å². The fourth-order valence-corrected chi connectivity index (χ4v) is 3.33. The van der Waals surface area contributed by atoms with Crippen molar-refractivity contribution in [3.8, 4) is 0 Å².